The Morgan fingerprint density at radius 2 is 1.71 bits per heavy atom. The first kappa shape index (κ1) is 20.8. The van der Waals surface area contributed by atoms with Crippen LogP contribution < -0.4 is 5.32 Å². The van der Waals surface area contributed by atoms with E-state index in [2.05, 4.69) is 10.2 Å². The summed E-state index contributed by atoms with van der Waals surface area (Å²) < 4.78 is 13.2. The van der Waals surface area contributed by atoms with Crippen molar-refractivity contribution in [2.24, 2.45) is 5.92 Å². The Morgan fingerprint density at radius 3 is 2.32 bits per heavy atom. The number of nitrogens with zero attached hydrogens (tertiary/aromatic N) is 2. The number of likely N-dealkylation sites (tertiary alicyclic amines) is 1. The lowest BCUT2D eigenvalue weighted by Crippen LogP contribution is -2.48. The molecule has 0 radical (unpaired) electrons. The predicted molar refractivity (Wildman–Crippen MR) is 107 cm³/mol. The molecular formula is C22H32FN3O2. The van der Waals surface area contributed by atoms with E-state index in [1.54, 1.807) is 19.2 Å². The van der Waals surface area contributed by atoms with Gasteiger partial charge in [0.25, 0.3) is 0 Å². The highest BCUT2D eigenvalue weighted by molar-refractivity contribution is 5.79. The van der Waals surface area contributed by atoms with Gasteiger partial charge in [-0.3, -0.25) is 14.5 Å². The van der Waals surface area contributed by atoms with Crippen molar-refractivity contribution in [3.05, 3.63) is 35.6 Å². The Morgan fingerprint density at radius 1 is 1.07 bits per heavy atom. The van der Waals surface area contributed by atoms with Crippen LogP contribution in [0.5, 0.6) is 0 Å². The number of halogens is 1. The van der Waals surface area contributed by atoms with Crippen molar-refractivity contribution in [2.75, 3.05) is 26.7 Å². The molecule has 28 heavy (non-hydrogen) atoms. The Hall–Kier alpha value is -1.95. The number of amides is 2. The fraction of sp³-hybridized carbons (Fsp3) is 0.636. The number of hydrogen-bond acceptors (Lipinski definition) is 3. The molecule has 6 heteroatoms. The monoisotopic (exact) mass is 389 g/mol. The molecule has 0 bridgehead atoms. The zero-order valence-corrected chi connectivity index (χ0v) is 16.8. The average Bonchev–Trinajstić information content (AvgIpc) is 2.74. The van der Waals surface area contributed by atoms with Crippen LogP contribution in [0.1, 0.15) is 50.5 Å². The summed E-state index contributed by atoms with van der Waals surface area (Å²) >= 11 is 0. The van der Waals surface area contributed by atoms with Crippen molar-refractivity contribution < 1.29 is 14.0 Å². The van der Waals surface area contributed by atoms with Crippen LogP contribution in [0.3, 0.4) is 0 Å². The first-order valence-corrected chi connectivity index (χ1v) is 10.5. The molecule has 0 aromatic heterocycles. The van der Waals surface area contributed by atoms with E-state index in [4.69, 9.17) is 0 Å². The Bertz CT molecular complexity index is 650. The van der Waals surface area contributed by atoms with E-state index in [0.29, 0.717) is 13.1 Å². The molecular weight excluding hydrogens is 357 g/mol. The number of carbonyl (C=O) groups excluding carboxylic acids is 2. The van der Waals surface area contributed by atoms with Gasteiger partial charge in [-0.05, 0) is 56.5 Å². The number of piperidine rings is 1. The van der Waals surface area contributed by atoms with Crippen molar-refractivity contribution in [3.8, 4) is 0 Å². The quantitative estimate of drug-likeness (QED) is 0.814. The smallest absolute Gasteiger partial charge is 0.237 e. The summed E-state index contributed by atoms with van der Waals surface area (Å²) in [6, 6.07) is 6.74. The molecule has 2 amide bonds. The molecule has 3 rings (SSSR count). The number of rotatable bonds is 6. The Labute approximate surface area is 167 Å². The van der Waals surface area contributed by atoms with Gasteiger partial charge in [-0.25, -0.2) is 4.39 Å². The lowest BCUT2D eigenvalue weighted by molar-refractivity contribution is -0.136. The second-order valence-electron chi connectivity index (χ2n) is 8.10. The van der Waals surface area contributed by atoms with Gasteiger partial charge in [-0.1, -0.05) is 31.4 Å². The third-order valence-corrected chi connectivity index (χ3v) is 6.17. The van der Waals surface area contributed by atoms with Gasteiger partial charge in [0.1, 0.15) is 5.82 Å². The summed E-state index contributed by atoms with van der Waals surface area (Å²) in [4.78, 5) is 29.2. The van der Waals surface area contributed by atoms with Gasteiger partial charge >= 0.3 is 0 Å². The largest absolute Gasteiger partial charge is 0.359 e. The molecule has 1 N–H and O–H groups in total. The molecule has 0 unspecified atom stereocenters. The van der Waals surface area contributed by atoms with Crippen molar-refractivity contribution in [2.45, 2.75) is 57.5 Å². The van der Waals surface area contributed by atoms with E-state index in [1.165, 1.54) is 18.6 Å². The third-order valence-electron chi connectivity index (χ3n) is 6.17. The van der Waals surface area contributed by atoms with Crippen molar-refractivity contribution >= 4 is 11.8 Å². The zero-order chi connectivity index (χ0) is 19.9. The van der Waals surface area contributed by atoms with Gasteiger partial charge in [-0.2, -0.15) is 0 Å². The van der Waals surface area contributed by atoms with Gasteiger partial charge in [-0.15, -0.1) is 0 Å². The molecule has 1 aromatic carbocycles. The Kier molecular flexibility index (Phi) is 7.43. The molecule has 154 valence electrons. The van der Waals surface area contributed by atoms with Crippen LogP contribution in [0.2, 0.25) is 0 Å². The SMILES string of the molecule is CNC(=O)C1CCN(CC(=O)N(Cc2ccc(F)cc2)C2CCCCC2)CC1. The van der Waals surface area contributed by atoms with Crippen LogP contribution >= 0.6 is 0 Å². The fourth-order valence-corrected chi connectivity index (χ4v) is 4.44. The summed E-state index contributed by atoms with van der Waals surface area (Å²) in [7, 11) is 1.68. The number of carbonyl (C=O) groups is 2. The van der Waals surface area contributed by atoms with Crippen LogP contribution in [0.15, 0.2) is 24.3 Å². The Balaban J connectivity index is 1.61. The van der Waals surface area contributed by atoms with Crippen LogP contribution in [0.4, 0.5) is 4.39 Å². The molecule has 1 saturated heterocycles. The van der Waals surface area contributed by atoms with Gasteiger partial charge in [0, 0.05) is 25.6 Å². The molecule has 1 aromatic rings. The first-order chi connectivity index (χ1) is 13.6. The van der Waals surface area contributed by atoms with E-state index in [0.717, 1.165) is 57.2 Å². The molecule has 1 aliphatic heterocycles. The molecule has 1 aliphatic carbocycles. The van der Waals surface area contributed by atoms with E-state index in [-0.39, 0.29) is 29.6 Å². The topological polar surface area (TPSA) is 52.7 Å². The molecule has 0 spiro atoms. The minimum absolute atomic E-state index is 0.0602. The summed E-state index contributed by atoms with van der Waals surface area (Å²) in [5.74, 6) is 0.0593. The van der Waals surface area contributed by atoms with Crippen LogP contribution in [0, 0.1) is 11.7 Å². The minimum Gasteiger partial charge on any atom is -0.359 e. The summed E-state index contributed by atoms with van der Waals surface area (Å²) in [5.41, 5.74) is 0.971. The molecule has 0 atom stereocenters. The van der Waals surface area contributed by atoms with Crippen LogP contribution in [-0.4, -0.2) is 54.3 Å². The maximum absolute atomic E-state index is 13.2. The van der Waals surface area contributed by atoms with Gasteiger partial charge in [0.05, 0.1) is 6.54 Å². The number of hydrogen-bond donors (Lipinski definition) is 1. The lowest BCUT2D eigenvalue weighted by Gasteiger charge is -2.37. The maximum atomic E-state index is 13.2. The van der Waals surface area contributed by atoms with E-state index >= 15 is 0 Å². The van der Waals surface area contributed by atoms with Crippen LogP contribution in [0.25, 0.3) is 0 Å². The van der Waals surface area contributed by atoms with Gasteiger partial charge in [0.15, 0.2) is 0 Å². The molecule has 2 fully saturated rings. The standard InChI is InChI=1S/C22H32FN3O2/c1-24-22(28)18-11-13-25(14-12-18)16-21(27)26(20-5-3-2-4-6-20)15-17-7-9-19(23)10-8-17/h7-10,18,20H,2-6,11-16H2,1H3,(H,24,28). The lowest BCUT2D eigenvalue weighted by atomic mass is 9.93. The minimum atomic E-state index is -0.252. The molecule has 5 nitrogen and oxygen atoms in total. The van der Waals surface area contributed by atoms with Crippen molar-refractivity contribution in [3.63, 3.8) is 0 Å². The molecule has 1 saturated carbocycles. The highest BCUT2D eigenvalue weighted by Gasteiger charge is 2.29. The van der Waals surface area contributed by atoms with E-state index < -0.39 is 0 Å². The van der Waals surface area contributed by atoms with Gasteiger partial charge in [0.2, 0.25) is 11.8 Å². The van der Waals surface area contributed by atoms with Crippen molar-refractivity contribution in [1.29, 1.82) is 0 Å². The molecule has 1 heterocycles. The molecule has 2 aliphatic rings. The van der Waals surface area contributed by atoms with Crippen molar-refractivity contribution in [1.82, 2.24) is 15.1 Å². The second kappa shape index (κ2) is 10.0. The third kappa shape index (κ3) is 5.53. The predicted octanol–water partition coefficient (Wildman–Crippen LogP) is 2.95. The number of nitrogens with one attached hydrogen (secondary N) is 1. The second-order valence-corrected chi connectivity index (χ2v) is 8.10. The average molecular weight is 390 g/mol. The van der Waals surface area contributed by atoms with Crippen LogP contribution in [-0.2, 0) is 16.1 Å². The summed E-state index contributed by atoms with van der Waals surface area (Å²) in [5, 5.41) is 2.72. The van der Waals surface area contributed by atoms with E-state index in [1.807, 2.05) is 4.90 Å². The highest BCUT2D eigenvalue weighted by Crippen LogP contribution is 2.25. The van der Waals surface area contributed by atoms with E-state index in [9.17, 15) is 14.0 Å². The maximum Gasteiger partial charge on any atom is 0.237 e. The van der Waals surface area contributed by atoms with Gasteiger partial charge < -0.3 is 10.2 Å². The summed E-state index contributed by atoms with van der Waals surface area (Å²) in [6.45, 7) is 2.49. The summed E-state index contributed by atoms with van der Waals surface area (Å²) in [6.07, 6.45) is 7.26. The zero-order valence-electron chi connectivity index (χ0n) is 16.8. The fourth-order valence-electron chi connectivity index (χ4n) is 4.44. The first-order valence-electron chi connectivity index (χ1n) is 10.5. The highest BCUT2D eigenvalue weighted by atomic mass is 19.1. The number of benzene rings is 1. The normalized spacial score (nSPS) is 19.4.